The van der Waals surface area contributed by atoms with E-state index in [2.05, 4.69) is 4.98 Å². The van der Waals surface area contributed by atoms with Gasteiger partial charge in [-0.25, -0.2) is 13.4 Å². The highest BCUT2D eigenvalue weighted by atomic mass is 32.2. The van der Waals surface area contributed by atoms with Gasteiger partial charge in [0.15, 0.2) is 0 Å². The predicted molar refractivity (Wildman–Crippen MR) is 66.4 cm³/mol. The standard InChI is InChI=1S/C10H17N3O2S/c1-8-7-12-10(6-9(8)11)13(2)4-5-16(3,14)15/h6-7H,4-5H2,1-3H3,(H2,11,12). The van der Waals surface area contributed by atoms with E-state index in [4.69, 9.17) is 5.73 Å². The van der Waals surface area contributed by atoms with E-state index < -0.39 is 9.84 Å². The van der Waals surface area contributed by atoms with Crippen molar-refractivity contribution in [1.82, 2.24) is 4.98 Å². The van der Waals surface area contributed by atoms with E-state index in [0.29, 0.717) is 18.1 Å². The normalized spacial score (nSPS) is 11.4. The van der Waals surface area contributed by atoms with Crippen molar-refractivity contribution in [2.75, 3.05) is 36.2 Å². The minimum atomic E-state index is -2.95. The molecule has 1 aromatic rings. The minimum absolute atomic E-state index is 0.110. The molecule has 90 valence electrons. The van der Waals surface area contributed by atoms with Crippen LogP contribution in [0.4, 0.5) is 11.5 Å². The van der Waals surface area contributed by atoms with E-state index in [1.54, 1.807) is 24.2 Å². The van der Waals surface area contributed by atoms with Gasteiger partial charge in [-0.15, -0.1) is 0 Å². The molecule has 1 aromatic heterocycles. The Morgan fingerprint density at radius 1 is 1.50 bits per heavy atom. The molecule has 1 heterocycles. The molecule has 0 amide bonds. The molecule has 2 N–H and O–H groups in total. The summed E-state index contributed by atoms with van der Waals surface area (Å²) < 4.78 is 22.0. The maximum Gasteiger partial charge on any atom is 0.149 e. The molecule has 0 aliphatic rings. The van der Waals surface area contributed by atoms with Crippen molar-refractivity contribution in [3.8, 4) is 0 Å². The lowest BCUT2D eigenvalue weighted by atomic mass is 10.2. The summed E-state index contributed by atoms with van der Waals surface area (Å²) in [6, 6.07) is 1.75. The molecule has 0 unspecified atom stereocenters. The van der Waals surface area contributed by atoms with E-state index in [-0.39, 0.29) is 5.75 Å². The van der Waals surface area contributed by atoms with Gasteiger partial charge in [-0.1, -0.05) is 0 Å². The van der Waals surface area contributed by atoms with Gasteiger partial charge < -0.3 is 10.6 Å². The highest BCUT2D eigenvalue weighted by Crippen LogP contribution is 2.16. The molecule has 0 aliphatic carbocycles. The number of sulfone groups is 1. The van der Waals surface area contributed by atoms with Crippen LogP contribution in [0.1, 0.15) is 5.56 Å². The van der Waals surface area contributed by atoms with E-state index in [1.807, 2.05) is 6.92 Å². The van der Waals surface area contributed by atoms with Crippen LogP contribution >= 0.6 is 0 Å². The van der Waals surface area contributed by atoms with Crippen LogP contribution in [0.2, 0.25) is 0 Å². The average Bonchev–Trinajstić information content (AvgIpc) is 2.17. The zero-order chi connectivity index (χ0) is 12.3. The average molecular weight is 243 g/mol. The molecule has 16 heavy (non-hydrogen) atoms. The van der Waals surface area contributed by atoms with Gasteiger partial charge in [0.05, 0.1) is 5.75 Å². The lowest BCUT2D eigenvalue weighted by molar-refractivity contribution is 0.601. The summed E-state index contributed by atoms with van der Waals surface area (Å²) >= 11 is 0. The fraction of sp³-hybridized carbons (Fsp3) is 0.500. The Labute approximate surface area is 96.2 Å². The maximum absolute atomic E-state index is 11.0. The predicted octanol–water partition coefficient (Wildman–Crippen LogP) is 0.453. The van der Waals surface area contributed by atoms with Crippen molar-refractivity contribution in [2.24, 2.45) is 0 Å². The van der Waals surface area contributed by atoms with E-state index in [9.17, 15) is 8.42 Å². The molecule has 0 saturated heterocycles. The molecule has 0 saturated carbocycles. The Bertz CT molecular complexity index is 471. The molecule has 0 atom stereocenters. The van der Waals surface area contributed by atoms with Crippen molar-refractivity contribution < 1.29 is 8.42 Å². The quantitative estimate of drug-likeness (QED) is 0.831. The largest absolute Gasteiger partial charge is 0.398 e. The van der Waals surface area contributed by atoms with Crippen LogP contribution < -0.4 is 10.6 Å². The first-order valence-corrected chi connectivity index (χ1v) is 6.96. The van der Waals surface area contributed by atoms with E-state index in [1.165, 1.54) is 6.26 Å². The third-order valence-electron chi connectivity index (χ3n) is 2.32. The first-order chi connectivity index (χ1) is 7.29. The number of pyridine rings is 1. The van der Waals surface area contributed by atoms with E-state index >= 15 is 0 Å². The van der Waals surface area contributed by atoms with Gasteiger partial charge in [-0.2, -0.15) is 0 Å². The van der Waals surface area contributed by atoms with Gasteiger partial charge in [0, 0.05) is 37.8 Å². The Kier molecular flexibility index (Phi) is 3.74. The number of nitrogens with two attached hydrogens (primary N) is 1. The molecule has 0 fully saturated rings. The number of aryl methyl sites for hydroxylation is 1. The molecule has 0 aromatic carbocycles. The highest BCUT2D eigenvalue weighted by Gasteiger charge is 2.08. The molecule has 0 radical (unpaired) electrons. The van der Waals surface area contributed by atoms with Crippen LogP contribution in [0.25, 0.3) is 0 Å². The Morgan fingerprint density at radius 2 is 2.12 bits per heavy atom. The van der Waals surface area contributed by atoms with Crippen LogP contribution in [0.5, 0.6) is 0 Å². The second-order valence-electron chi connectivity index (χ2n) is 3.95. The Hall–Kier alpha value is -1.30. The fourth-order valence-corrected chi connectivity index (χ4v) is 1.76. The SMILES string of the molecule is Cc1cnc(N(C)CCS(C)(=O)=O)cc1N. The summed E-state index contributed by atoms with van der Waals surface area (Å²) in [6.07, 6.45) is 2.90. The number of hydrogen-bond acceptors (Lipinski definition) is 5. The number of nitrogen functional groups attached to an aromatic ring is 1. The molecular weight excluding hydrogens is 226 g/mol. The lowest BCUT2D eigenvalue weighted by Crippen LogP contribution is -2.25. The van der Waals surface area contributed by atoms with Crippen molar-refractivity contribution in [1.29, 1.82) is 0 Å². The first-order valence-electron chi connectivity index (χ1n) is 4.90. The van der Waals surface area contributed by atoms with Crippen LogP contribution in [0, 0.1) is 6.92 Å². The van der Waals surface area contributed by atoms with Crippen LogP contribution in [0.15, 0.2) is 12.3 Å². The van der Waals surface area contributed by atoms with Crippen LogP contribution in [0.3, 0.4) is 0 Å². The molecular formula is C10H17N3O2S. The molecule has 0 aliphatic heterocycles. The second kappa shape index (κ2) is 4.69. The molecule has 5 nitrogen and oxygen atoms in total. The number of rotatable bonds is 4. The third-order valence-corrected chi connectivity index (χ3v) is 3.24. The summed E-state index contributed by atoms with van der Waals surface area (Å²) in [5.74, 6) is 0.797. The summed E-state index contributed by atoms with van der Waals surface area (Å²) in [5.41, 5.74) is 7.34. The monoisotopic (exact) mass is 243 g/mol. The van der Waals surface area contributed by atoms with Gasteiger partial charge in [-0.05, 0) is 12.5 Å². The number of aromatic nitrogens is 1. The van der Waals surface area contributed by atoms with Crippen molar-refractivity contribution in [3.05, 3.63) is 17.8 Å². The lowest BCUT2D eigenvalue weighted by Gasteiger charge is -2.18. The maximum atomic E-state index is 11.0. The summed E-state index contributed by atoms with van der Waals surface area (Å²) in [5, 5.41) is 0. The number of nitrogens with zero attached hydrogens (tertiary/aromatic N) is 2. The van der Waals surface area contributed by atoms with Crippen molar-refractivity contribution in [2.45, 2.75) is 6.92 Å². The fourth-order valence-electron chi connectivity index (χ4n) is 1.15. The zero-order valence-electron chi connectivity index (χ0n) is 9.77. The minimum Gasteiger partial charge on any atom is -0.398 e. The highest BCUT2D eigenvalue weighted by molar-refractivity contribution is 7.90. The zero-order valence-corrected chi connectivity index (χ0v) is 10.6. The topological polar surface area (TPSA) is 76.3 Å². The molecule has 6 heteroatoms. The van der Waals surface area contributed by atoms with Crippen LogP contribution in [-0.4, -0.2) is 39.0 Å². The molecule has 0 bridgehead atoms. The van der Waals surface area contributed by atoms with Gasteiger partial charge in [0.2, 0.25) is 0 Å². The van der Waals surface area contributed by atoms with Gasteiger partial charge in [-0.3, -0.25) is 0 Å². The first kappa shape index (κ1) is 12.8. The van der Waals surface area contributed by atoms with Gasteiger partial charge >= 0.3 is 0 Å². The molecule has 1 rings (SSSR count). The number of hydrogen-bond donors (Lipinski definition) is 1. The van der Waals surface area contributed by atoms with E-state index in [0.717, 1.165) is 5.56 Å². The number of anilines is 2. The second-order valence-corrected chi connectivity index (χ2v) is 6.21. The summed E-state index contributed by atoms with van der Waals surface area (Å²) in [6.45, 7) is 2.29. The van der Waals surface area contributed by atoms with Gasteiger partial charge in [0.1, 0.15) is 15.7 Å². The summed E-state index contributed by atoms with van der Waals surface area (Å²) in [4.78, 5) is 5.97. The smallest absolute Gasteiger partial charge is 0.149 e. The third kappa shape index (κ3) is 3.69. The van der Waals surface area contributed by atoms with Crippen molar-refractivity contribution >= 4 is 21.3 Å². The summed E-state index contributed by atoms with van der Waals surface area (Å²) in [7, 11) is -1.15. The van der Waals surface area contributed by atoms with Gasteiger partial charge in [0.25, 0.3) is 0 Å². The van der Waals surface area contributed by atoms with Crippen LogP contribution in [-0.2, 0) is 9.84 Å². The Balaban J connectivity index is 2.73. The molecule has 0 spiro atoms. The Morgan fingerprint density at radius 3 is 2.62 bits per heavy atom. The van der Waals surface area contributed by atoms with Crippen molar-refractivity contribution in [3.63, 3.8) is 0 Å².